The van der Waals surface area contributed by atoms with Gasteiger partial charge in [-0.25, -0.2) is 0 Å². The van der Waals surface area contributed by atoms with Crippen molar-refractivity contribution >= 4 is 15.9 Å². The lowest BCUT2D eigenvalue weighted by molar-refractivity contribution is 0.350. The van der Waals surface area contributed by atoms with Gasteiger partial charge in [0.1, 0.15) is 12.4 Å². The van der Waals surface area contributed by atoms with Crippen molar-refractivity contribution in [2.24, 2.45) is 5.73 Å². The highest BCUT2D eigenvalue weighted by molar-refractivity contribution is 9.10. The third-order valence-electron chi connectivity index (χ3n) is 1.96. The Morgan fingerprint density at radius 3 is 2.73 bits per heavy atom. The molecule has 15 heavy (non-hydrogen) atoms. The van der Waals surface area contributed by atoms with E-state index in [2.05, 4.69) is 22.5 Å². The Morgan fingerprint density at radius 1 is 1.60 bits per heavy atom. The second-order valence-corrected chi connectivity index (χ2v) is 4.58. The van der Waals surface area contributed by atoms with Gasteiger partial charge in [0, 0.05) is 6.04 Å². The van der Waals surface area contributed by atoms with Gasteiger partial charge in [-0.05, 0) is 53.0 Å². The highest BCUT2D eigenvalue weighted by atomic mass is 79.9. The molecule has 3 heteroatoms. The van der Waals surface area contributed by atoms with Crippen LogP contribution >= 0.6 is 15.9 Å². The van der Waals surface area contributed by atoms with Crippen LogP contribution in [-0.4, -0.2) is 6.61 Å². The Hall–Kier alpha value is -0.800. The molecule has 1 unspecified atom stereocenters. The van der Waals surface area contributed by atoms with Crippen molar-refractivity contribution in [1.82, 2.24) is 0 Å². The first-order valence-electron chi connectivity index (χ1n) is 4.83. The zero-order valence-corrected chi connectivity index (χ0v) is 10.7. The third-order valence-corrected chi connectivity index (χ3v) is 2.58. The van der Waals surface area contributed by atoms with E-state index in [0.717, 1.165) is 21.4 Å². The first-order chi connectivity index (χ1) is 7.00. The van der Waals surface area contributed by atoms with E-state index in [1.165, 1.54) is 0 Å². The van der Waals surface area contributed by atoms with E-state index in [9.17, 15) is 0 Å². The Kier molecular flexibility index (Phi) is 4.36. The van der Waals surface area contributed by atoms with E-state index in [-0.39, 0.29) is 6.04 Å². The Labute approximate surface area is 99.3 Å². The normalized spacial score (nSPS) is 12.3. The van der Waals surface area contributed by atoms with Crippen molar-refractivity contribution in [1.29, 1.82) is 0 Å². The summed E-state index contributed by atoms with van der Waals surface area (Å²) in [6.45, 7) is 8.21. The van der Waals surface area contributed by atoms with Crippen molar-refractivity contribution in [2.75, 3.05) is 6.61 Å². The predicted molar refractivity (Wildman–Crippen MR) is 67.1 cm³/mol. The van der Waals surface area contributed by atoms with Crippen LogP contribution in [0.4, 0.5) is 0 Å². The summed E-state index contributed by atoms with van der Waals surface area (Å²) in [5, 5.41) is 0. The zero-order valence-electron chi connectivity index (χ0n) is 9.09. The molecular weight excluding hydrogens is 254 g/mol. The summed E-state index contributed by atoms with van der Waals surface area (Å²) in [4.78, 5) is 0. The SMILES string of the molecule is C=C(C)COc1ccc(C(C)N)cc1Br. The van der Waals surface area contributed by atoms with Crippen molar-refractivity contribution in [2.45, 2.75) is 19.9 Å². The second kappa shape index (κ2) is 5.33. The standard InChI is InChI=1S/C12H16BrNO/c1-8(2)7-15-12-5-4-10(9(3)14)6-11(12)13/h4-6,9H,1,7,14H2,2-3H3. The topological polar surface area (TPSA) is 35.2 Å². The fraction of sp³-hybridized carbons (Fsp3) is 0.333. The molecule has 0 heterocycles. The maximum Gasteiger partial charge on any atom is 0.133 e. The minimum Gasteiger partial charge on any atom is -0.488 e. The molecule has 0 spiro atoms. The lowest BCUT2D eigenvalue weighted by Gasteiger charge is -2.11. The molecule has 0 fully saturated rings. The molecule has 1 rings (SSSR count). The predicted octanol–water partition coefficient (Wildman–Crippen LogP) is 3.42. The van der Waals surface area contributed by atoms with Gasteiger partial charge in [0.25, 0.3) is 0 Å². The van der Waals surface area contributed by atoms with Crippen molar-refractivity contribution in [3.8, 4) is 5.75 Å². The van der Waals surface area contributed by atoms with E-state index < -0.39 is 0 Å². The number of rotatable bonds is 4. The van der Waals surface area contributed by atoms with Gasteiger partial charge in [-0.1, -0.05) is 12.6 Å². The largest absolute Gasteiger partial charge is 0.488 e. The summed E-state index contributed by atoms with van der Waals surface area (Å²) in [6, 6.07) is 5.92. The van der Waals surface area contributed by atoms with Gasteiger partial charge >= 0.3 is 0 Å². The zero-order chi connectivity index (χ0) is 11.4. The van der Waals surface area contributed by atoms with Gasteiger partial charge in [0.15, 0.2) is 0 Å². The van der Waals surface area contributed by atoms with E-state index >= 15 is 0 Å². The lowest BCUT2D eigenvalue weighted by Crippen LogP contribution is -2.05. The van der Waals surface area contributed by atoms with Crippen LogP contribution in [0, 0.1) is 0 Å². The van der Waals surface area contributed by atoms with Crippen LogP contribution in [0.15, 0.2) is 34.8 Å². The minimum atomic E-state index is 0.0384. The van der Waals surface area contributed by atoms with Gasteiger partial charge in [-0.3, -0.25) is 0 Å². The van der Waals surface area contributed by atoms with Crippen LogP contribution < -0.4 is 10.5 Å². The number of nitrogens with two attached hydrogens (primary N) is 1. The molecule has 0 saturated carbocycles. The number of hydrogen-bond acceptors (Lipinski definition) is 2. The number of benzene rings is 1. The van der Waals surface area contributed by atoms with Crippen LogP contribution in [0.25, 0.3) is 0 Å². The van der Waals surface area contributed by atoms with E-state index in [0.29, 0.717) is 6.61 Å². The van der Waals surface area contributed by atoms with Gasteiger partial charge in [-0.15, -0.1) is 0 Å². The highest BCUT2D eigenvalue weighted by Gasteiger charge is 2.05. The third kappa shape index (κ3) is 3.68. The van der Waals surface area contributed by atoms with Crippen LogP contribution in [-0.2, 0) is 0 Å². The molecule has 2 N–H and O–H groups in total. The molecule has 1 aromatic carbocycles. The molecule has 0 aromatic heterocycles. The van der Waals surface area contributed by atoms with Gasteiger partial charge in [-0.2, -0.15) is 0 Å². The van der Waals surface area contributed by atoms with E-state index in [1.54, 1.807) is 0 Å². The van der Waals surface area contributed by atoms with Crippen LogP contribution in [0.2, 0.25) is 0 Å². The van der Waals surface area contributed by atoms with Crippen LogP contribution in [0.1, 0.15) is 25.5 Å². The molecule has 2 nitrogen and oxygen atoms in total. The fourth-order valence-electron chi connectivity index (χ4n) is 1.12. The summed E-state index contributed by atoms with van der Waals surface area (Å²) < 4.78 is 6.47. The number of ether oxygens (including phenoxy) is 1. The molecule has 0 aliphatic rings. The van der Waals surface area contributed by atoms with Gasteiger partial charge in [0.05, 0.1) is 4.47 Å². The Bertz CT molecular complexity index is 361. The summed E-state index contributed by atoms with van der Waals surface area (Å²) in [7, 11) is 0. The average Bonchev–Trinajstić information content (AvgIpc) is 2.15. The molecule has 0 bridgehead atoms. The smallest absolute Gasteiger partial charge is 0.133 e. The van der Waals surface area contributed by atoms with Crippen LogP contribution in [0.5, 0.6) is 5.75 Å². The Balaban J connectivity index is 2.79. The molecule has 0 aliphatic heterocycles. The first kappa shape index (κ1) is 12.3. The van der Waals surface area contributed by atoms with Crippen molar-refractivity contribution in [3.05, 3.63) is 40.4 Å². The molecule has 0 aliphatic carbocycles. The molecule has 0 amide bonds. The quantitative estimate of drug-likeness (QED) is 0.851. The summed E-state index contributed by atoms with van der Waals surface area (Å²) >= 11 is 3.46. The van der Waals surface area contributed by atoms with Gasteiger partial charge in [0.2, 0.25) is 0 Å². The maximum atomic E-state index is 5.78. The van der Waals surface area contributed by atoms with Crippen molar-refractivity contribution < 1.29 is 4.74 Å². The number of halogens is 1. The summed E-state index contributed by atoms with van der Waals surface area (Å²) in [6.07, 6.45) is 0. The summed E-state index contributed by atoms with van der Waals surface area (Å²) in [5.74, 6) is 0.822. The molecule has 1 atom stereocenters. The average molecular weight is 270 g/mol. The highest BCUT2D eigenvalue weighted by Crippen LogP contribution is 2.27. The van der Waals surface area contributed by atoms with Crippen LogP contribution in [0.3, 0.4) is 0 Å². The molecule has 82 valence electrons. The van der Waals surface area contributed by atoms with E-state index in [1.807, 2.05) is 32.0 Å². The molecule has 0 radical (unpaired) electrons. The summed E-state index contributed by atoms with van der Waals surface area (Å²) in [5.41, 5.74) is 7.86. The Morgan fingerprint density at radius 2 is 2.27 bits per heavy atom. The number of hydrogen-bond donors (Lipinski definition) is 1. The molecular formula is C12H16BrNO. The maximum absolute atomic E-state index is 5.78. The monoisotopic (exact) mass is 269 g/mol. The molecule has 1 aromatic rings. The fourth-order valence-corrected chi connectivity index (χ4v) is 1.63. The lowest BCUT2D eigenvalue weighted by atomic mass is 10.1. The minimum absolute atomic E-state index is 0.0384. The van der Waals surface area contributed by atoms with E-state index in [4.69, 9.17) is 10.5 Å². The van der Waals surface area contributed by atoms with Crippen molar-refractivity contribution in [3.63, 3.8) is 0 Å². The van der Waals surface area contributed by atoms with Gasteiger partial charge < -0.3 is 10.5 Å². The first-order valence-corrected chi connectivity index (χ1v) is 5.62. The molecule has 0 saturated heterocycles. The second-order valence-electron chi connectivity index (χ2n) is 3.72.